The van der Waals surface area contributed by atoms with Crippen molar-refractivity contribution < 1.29 is 19.5 Å². The summed E-state index contributed by atoms with van der Waals surface area (Å²) in [5, 5.41) is 14.9. The summed E-state index contributed by atoms with van der Waals surface area (Å²) in [4.78, 5) is 25.8. The highest BCUT2D eigenvalue weighted by molar-refractivity contribution is 6.34. The molecule has 2 N–H and O–H groups in total. The van der Waals surface area contributed by atoms with Crippen LogP contribution in [0.1, 0.15) is 10.4 Å². The van der Waals surface area contributed by atoms with Gasteiger partial charge >= 0.3 is 5.97 Å². The van der Waals surface area contributed by atoms with E-state index in [0.717, 1.165) is 0 Å². The Bertz CT molecular complexity index is 426. The molecule has 0 spiro atoms. The molecule has 0 saturated heterocycles. The average molecular weight is 266 g/mol. The van der Waals surface area contributed by atoms with Crippen molar-refractivity contribution in [1.82, 2.24) is 15.7 Å². The van der Waals surface area contributed by atoms with Gasteiger partial charge in [-0.2, -0.15) is 0 Å². The van der Waals surface area contributed by atoms with E-state index >= 15 is 0 Å². The van der Waals surface area contributed by atoms with Gasteiger partial charge in [0.1, 0.15) is 0 Å². The van der Waals surface area contributed by atoms with Crippen molar-refractivity contribution >= 4 is 35.1 Å². The molecule has 0 radical (unpaired) electrons. The summed E-state index contributed by atoms with van der Waals surface area (Å²) in [5.41, 5.74) is 1.80. The largest absolute Gasteiger partial charge is 0.479 e. The number of nitrogens with one attached hydrogen (secondary N) is 1. The third-order valence-corrected chi connectivity index (χ3v) is 1.79. The summed E-state index contributed by atoms with van der Waals surface area (Å²) >= 11 is 11.1. The van der Waals surface area contributed by atoms with Gasteiger partial charge < -0.3 is 5.11 Å². The number of halogens is 2. The van der Waals surface area contributed by atoms with E-state index in [-0.39, 0.29) is 15.9 Å². The Balaban J connectivity index is 2.65. The third-order valence-electron chi connectivity index (χ3n) is 1.32. The number of carboxylic acids is 1. The van der Waals surface area contributed by atoms with E-state index in [2.05, 4.69) is 15.0 Å². The fourth-order valence-electron chi connectivity index (χ4n) is 0.731. The second-order valence-electron chi connectivity index (χ2n) is 2.49. The lowest BCUT2D eigenvalue weighted by Gasteiger charge is -2.04. The fourth-order valence-corrected chi connectivity index (χ4v) is 1.06. The van der Waals surface area contributed by atoms with Crippen molar-refractivity contribution in [1.29, 1.82) is 0 Å². The van der Waals surface area contributed by atoms with Gasteiger partial charge in [0.05, 0.1) is 5.56 Å². The van der Waals surface area contributed by atoms with Crippen molar-refractivity contribution in [2.45, 2.75) is 0 Å². The maximum Gasteiger partial charge on any atom is 0.332 e. The molecule has 16 heavy (non-hydrogen) atoms. The lowest BCUT2D eigenvalue weighted by Crippen LogP contribution is -2.27. The van der Waals surface area contributed by atoms with Crippen LogP contribution in [-0.4, -0.2) is 33.8 Å². The fraction of sp³-hybridized carbons (Fsp3) is 0.143. The Kier molecular flexibility index (Phi) is 4.41. The molecule has 0 saturated carbocycles. The first-order valence-electron chi connectivity index (χ1n) is 3.83. The van der Waals surface area contributed by atoms with Crippen LogP contribution >= 0.6 is 23.2 Å². The highest BCUT2D eigenvalue weighted by atomic mass is 35.5. The van der Waals surface area contributed by atoms with E-state index in [1.165, 1.54) is 6.07 Å². The van der Waals surface area contributed by atoms with Crippen molar-refractivity contribution in [2.75, 3.05) is 6.61 Å². The van der Waals surface area contributed by atoms with Crippen LogP contribution in [0.5, 0.6) is 0 Å². The van der Waals surface area contributed by atoms with E-state index in [1.807, 2.05) is 5.48 Å². The first kappa shape index (κ1) is 12.6. The lowest BCUT2D eigenvalue weighted by atomic mass is 10.3. The van der Waals surface area contributed by atoms with Crippen molar-refractivity contribution in [3.63, 3.8) is 0 Å². The molecule has 0 aromatic carbocycles. The molecular formula is C7H5Cl2N3O4. The molecular weight excluding hydrogens is 261 g/mol. The number of rotatable bonds is 4. The molecule has 1 rings (SSSR count). The Hall–Kier alpha value is -1.44. The molecule has 0 atom stereocenters. The highest BCUT2D eigenvalue weighted by Gasteiger charge is 2.13. The number of carbonyl (C=O) groups excluding carboxylic acids is 1. The van der Waals surface area contributed by atoms with Crippen LogP contribution in [0, 0.1) is 0 Å². The Labute approximate surface area is 99.3 Å². The normalized spacial score (nSPS) is 9.88. The molecule has 86 valence electrons. The van der Waals surface area contributed by atoms with Gasteiger partial charge in [0.25, 0.3) is 5.91 Å². The monoisotopic (exact) mass is 265 g/mol. The number of nitrogens with zero attached hydrogens (tertiary/aromatic N) is 2. The van der Waals surface area contributed by atoms with Crippen LogP contribution < -0.4 is 5.48 Å². The molecule has 9 heteroatoms. The average Bonchev–Trinajstić information content (AvgIpc) is 2.21. The Morgan fingerprint density at radius 3 is 2.75 bits per heavy atom. The smallest absolute Gasteiger partial charge is 0.332 e. The van der Waals surface area contributed by atoms with Crippen molar-refractivity contribution in [3.05, 3.63) is 21.9 Å². The van der Waals surface area contributed by atoms with Gasteiger partial charge in [-0.3, -0.25) is 9.63 Å². The summed E-state index contributed by atoms with van der Waals surface area (Å²) in [7, 11) is 0. The van der Waals surface area contributed by atoms with Gasteiger partial charge in [0, 0.05) is 0 Å². The number of amides is 1. The summed E-state index contributed by atoms with van der Waals surface area (Å²) in [6, 6.07) is 1.18. The van der Waals surface area contributed by atoms with Gasteiger partial charge in [-0.1, -0.05) is 23.2 Å². The molecule has 1 amide bonds. The maximum absolute atomic E-state index is 11.4. The zero-order valence-corrected chi connectivity index (χ0v) is 9.12. The number of aliphatic carboxylic acids is 1. The quantitative estimate of drug-likeness (QED) is 0.771. The molecule has 0 aliphatic heterocycles. The summed E-state index contributed by atoms with van der Waals surface area (Å²) in [6.07, 6.45) is 0. The molecule has 1 aromatic heterocycles. The van der Waals surface area contributed by atoms with Gasteiger partial charge in [-0.25, -0.2) is 10.3 Å². The topological polar surface area (TPSA) is 101 Å². The van der Waals surface area contributed by atoms with Crippen LogP contribution in [0.15, 0.2) is 6.07 Å². The molecule has 7 nitrogen and oxygen atoms in total. The van der Waals surface area contributed by atoms with Gasteiger partial charge in [0.2, 0.25) is 0 Å². The van der Waals surface area contributed by atoms with E-state index in [9.17, 15) is 9.59 Å². The predicted octanol–water partition coefficient (Wildman–Crippen LogP) is 0.529. The van der Waals surface area contributed by atoms with Crippen LogP contribution in [0.25, 0.3) is 0 Å². The zero-order valence-electron chi connectivity index (χ0n) is 7.61. The number of hydrogen-bond acceptors (Lipinski definition) is 5. The number of aromatic nitrogens is 2. The van der Waals surface area contributed by atoms with Crippen LogP contribution in [-0.2, 0) is 9.63 Å². The number of carbonyl (C=O) groups is 2. The van der Waals surface area contributed by atoms with Gasteiger partial charge in [0.15, 0.2) is 16.9 Å². The van der Waals surface area contributed by atoms with Crippen LogP contribution in [0.3, 0.4) is 0 Å². The van der Waals surface area contributed by atoms with E-state index in [0.29, 0.717) is 0 Å². The Morgan fingerprint density at radius 1 is 1.44 bits per heavy atom. The highest BCUT2D eigenvalue weighted by Crippen LogP contribution is 2.14. The molecule has 0 unspecified atom stereocenters. The summed E-state index contributed by atoms with van der Waals surface area (Å²) < 4.78 is 0. The van der Waals surface area contributed by atoms with Crippen molar-refractivity contribution in [2.24, 2.45) is 0 Å². The minimum absolute atomic E-state index is 0.0206. The molecule has 0 bridgehead atoms. The number of hydroxylamine groups is 1. The van der Waals surface area contributed by atoms with Crippen molar-refractivity contribution in [3.8, 4) is 0 Å². The number of hydrogen-bond donors (Lipinski definition) is 2. The van der Waals surface area contributed by atoms with E-state index in [4.69, 9.17) is 28.3 Å². The second-order valence-corrected chi connectivity index (χ2v) is 3.23. The Morgan fingerprint density at radius 2 is 2.12 bits per heavy atom. The van der Waals surface area contributed by atoms with Gasteiger partial charge in [-0.05, 0) is 6.07 Å². The minimum Gasteiger partial charge on any atom is -0.479 e. The molecule has 1 heterocycles. The first-order valence-corrected chi connectivity index (χ1v) is 4.59. The SMILES string of the molecule is O=C(O)CONC(=O)c1cc(Cl)nnc1Cl. The van der Waals surface area contributed by atoms with Gasteiger partial charge in [-0.15, -0.1) is 10.2 Å². The summed E-state index contributed by atoms with van der Waals surface area (Å²) in [6.45, 7) is -0.671. The van der Waals surface area contributed by atoms with E-state index < -0.39 is 18.5 Å². The van der Waals surface area contributed by atoms with Crippen LogP contribution in [0.4, 0.5) is 0 Å². The lowest BCUT2D eigenvalue weighted by molar-refractivity contribution is -0.144. The molecule has 0 aliphatic rings. The standard InChI is InChI=1S/C7H5Cl2N3O4/c8-4-1-3(6(9)11-10-4)7(15)12-16-2-5(13)14/h1H,2H2,(H,12,15)(H,13,14). The zero-order chi connectivity index (χ0) is 12.1. The third kappa shape index (κ3) is 3.61. The van der Waals surface area contributed by atoms with Crippen LogP contribution in [0.2, 0.25) is 10.3 Å². The number of carboxylic acid groups (broad SMARTS) is 1. The summed E-state index contributed by atoms with van der Waals surface area (Å²) in [5.74, 6) is -1.99. The molecule has 1 aromatic rings. The molecule has 0 aliphatic carbocycles. The minimum atomic E-state index is -1.22. The van der Waals surface area contributed by atoms with E-state index in [1.54, 1.807) is 0 Å². The predicted molar refractivity (Wildman–Crippen MR) is 53.1 cm³/mol. The first-order chi connectivity index (χ1) is 7.50. The molecule has 0 fully saturated rings. The second kappa shape index (κ2) is 5.59. The maximum atomic E-state index is 11.4.